The summed E-state index contributed by atoms with van der Waals surface area (Å²) in [4.78, 5) is 44.5. The fourth-order valence-corrected chi connectivity index (χ4v) is 4.89. The first-order valence-corrected chi connectivity index (χ1v) is 13.1. The number of nitrogens with one attached hydrogen (secondary N) is 4. The summed E-state index contributed by atoms with van der Waals surface area (Å²) in [6.07, 6.45) is 5.60. The summed E-state index contributed by atoms with van der Waals surface area (Å²) in [5.41, 5.74) is 1.60. The number of benzene rings is 1. The molecular weight excluding hydrogens is 494 g/mol. The van der Waals surface area contributed by atoms with Gasteiger partial charge in [0, 0.05) is 35.8 Å². The number of hydrogen-bond donors (Lipinski definition) is 4. The zero-order valence-electron chi connectivity index (χ0n) is 21.4. The third kappa shape index (κ3) is 6.56. The van der Waals surface area contributed by atoms with E-state index in [2.05, 4.69) is 25.8 Å². The van der Waals surface area contributed by atoms with Crippen molar-refractivity contribution in [3.8, 4) is 0 Å². The molecule has 204 valence electrons. The Balaban J connectivity index is 1.46. The molecule has 2 atom stereocenters. The summed E-state index contributed by atoms with van der Waals surface area (Å²) in [6, 6.07) is 4.26. The van der Waals surface area contributed by atoms with Gasteiger partial charge in [-0.2, -0.15) is 5.10 Å². The van der Waals surface area contributed by atoms with Gasteiger partial charge in [0.15, 0.2) is 0 Å². The highest BCUT2D eigenvalue weighted by Crippen LogP contribution is 2.25. The van der Waals surface area contributed by atoms with Crippen molar-refractivity contribution in [2.45, 2.75) is 70.4 Å². The average Bonchev–Trinajstić information content (AvgIpc) is 3.57. The van der Waals surface area contributed by atoms with E-state index in [0.717, 1.165) is 31.2 Å². The van der Waals surface area contributed by atoms with Gasteiger partial charge in [0.1, 0.15) is 17.8 Å². The SMILES string of the molecule is CCC[C@@H](C(=O)NCCc1cn[nH]c1)N1CCCCC[C@H](NC(=O)c2cc3cc(C(F)F)ccc3[nH]2)C1=O. The van der Waals surface area contributed by atoms with Crippen LogP contribution in [0, 0.1) is 0 Å². The first kappa shape index (κ1) is 27.3. The molecule has 3 aromatic rings. The zero-order chi connectivity index (χ0) is 27.1. The highest BCUT2D eigenvalue weighted by molar-refractivity contribution is 6.00. The van der Waals surface area contributed by atoms with E-state index in [0.29, 0.717) is 43.3 Å². The van der Waals surface area contributed by atoms with E-state index < -0.39 is 24.4 Å². The van der Waals surface area contributed by atoms with Crippen molar-refractivity contribution in [2.75, 3.05) is 13.1 Å². The molecule has 2 aromatic heterocycles. The average molecular weight is 529 g/mol. The van der Waals surface area contributed by atoms with Crippen LogP contribution in [0.15, 0.2) is 36.7 Å². The number of aromatic nitrogens is 3. The molecule has 4 rings (SSSR count). The molecule has 0 saturated carbocycles. The van der Waals surface area contributed by atoms with Gasteiger partial charge in [-0.15, -0.1) is 0 Å². The molecule has 1 aliphatic rings. The smallest absolute Gasteiger partial charge is 0.268 e. The Labute approximate surface area is 219 Å². The van der Waals surface area contributed by atoms with Gasteiger partial charge in [0.05, 0.1) is 6.20 Å². The Morgan fingerprint density at radius 2 is 2.05 bits per heavy atom. The van der Waals surface area contributed by atoms with E-state index in [4.69, 9.17) is 0 Å². The number of rotatable bonds is 10. The Bertz CT molecular complexity index is 1240. The molecule has 0 bridgehead atoms. The molecule has 1 aromatic carbocycles. The number of nitrogens with zero attached hydrogens (tertiary/aromatic N) is 2. The molecule has 3 heterocycles. The number of H-pyrrole nitrogens is 2. The van der Waals surface area contributed by atoms with Gasteiger partial charge in [0.25, 0.3) is 12.3 Å². The van der Waals surface area contributed by atoms with Crippen LogP contribution < -0.4 is 10.6 Å². The maximum atomic E-state index is 13.7. The molecule has 0 spiro atoms. The van der Waals surface area contributed by atoms with E-state index in [1.54, 1.807) is 17.3 Å². The monoisotopic (exact) mass is 528 g/mol. The van der Waals surface area contributed by atoms with Gasteiger partial charge in [-0.25, -0.2) is 8.78 Å². The van der Waals surface area contributed by atoms with Crippen molar-refractivity contribution in [1.82, 2.24) is 30.7 Å². The van der Waals surface area contributed by atoms with Crippen LogP contribution in [0.5, 0.6) is 0 Å². The van der Waals surface area contributed by atoms with E-state index in [1.807, 2.05) is 6.92 Å². The second kappa shape index (κ2) is 12.7. The molecule has 0 radical (unpaired) electrons. The van der Waals surface area contributed by atoms with Crippen LogP contribution >= 0.6 is 0 Å². The normalized spacial score (nSPS) is 17.3. The van der Waals surface area contributed by atoms with Gasteiger partial charge in [-0.3, -0.25) is 19.5 Å². The number of aromatic amines is 2. The maximum Gasteiger partial charge on any atom is 0.268 e. The lowest BCUT2D eigenvalue weighted by molar-refractivity contribution is -0.143. The number of alkyl halides is 2. The number of hydrogen-bond acceptors (Lipinski definition) is 4. The second-order valence-corrected chi connectivity index (χ2v) is 9.69. The molecule has 4 N–H and O–H groups in total. The lowest BCUT2D eigenvalue weighted by Crippen LogP contribution is -2.56. The largest absolute Gasteiger partial charge is 0.354 e. The molecule has 11 heteroatoms. The van der Waals surface area contributed by atoms with Crippen molar-refractivity contribution in [3.63, 3.8) is 0 Å². The van der Waals surface area contributed by atoms with Crippen molar-refractivity contribution >= 4 is 28.6 Å². The van der Waals surface area contributed by atoms with E-state index >= 15 is 0 Å². The molecule has 0 unspecified atom stereocenters. The van der Waals surface area contributed by atoms with Crippen molar-refractivity contribution in [2.24, 2.45) is 0 Å². The van der Waals surface area contributed by atoms with Gasteiger partial charge < -0.3 is 20.5 Å². The number of fused-ring (bicyclic) bond motifs is 1. The van der Waals surface area contributed by atoms with Gasteiger partial charge in [-0.05, 0) is 49.4 Å². The van der Waals surface area contributed by atoms with Crippen LogP contribution in [0.3, 0.4) is 0 Å². The molecule has 38 heavy (non-hydrogen) atoms. The Morgan fingerprint density at radius 1 is 1.21 bits per heavy atom. The van der Waals surface area contributed by atoms with Crippen molar-refractivity contribution in [1.29, 1.82) is 0 Å². The standard InChI is InChI=1S/C27H34F2N6O3/c1-2-6-23(26(37)30-11-10-17-15-31-32-16-17)35-12-5-3-4-7-21(27(35)38)34-25(36)22-14-19-13-18(24(28)29)8-9-20(19)33-22/h8-9,13-16,21,23-24,33H,2-7,10-12H2,1H3,(H,30,37)(H,31,32)(H,34,36)/t21-,23-/m0/s1. The number of amides is 3. The van der Waals surface area contributed by atoms with Crippen LogP contribution in [-0.4, -0.2) is 63.0 Å². The Hall–Kier alpha value is -3.76. The number of likely N-dealkylation sites (tertiary alicyclic amines) is 1. The summed E-state index contributed by atoms with van der Waals surface area (Å²) in [5, 5.41) is 12.9. The van der Waals surface area contributed by atoms with Crippen molar-refractivity contribution in [3.05, 3.63) is 53.5 Å². The lowest BCUT2D eigenvalue weighted by Gasteiger charge is -2.35. The van der Waals surface area contributed by atoms with Crippen LogP contribution in [-0.2, 0) is 16.0 Å². The first-order chi connectivity index (χ1) is 18.4. The predicted molar refractivity (Wildman–Crippen MR) is 139 cm³/mol. The minimum atomic E-state index is -2.61. The third-order valence-electron chi connectivity index (χ3n) is 6.93. The van der Waals surface area contributed by atoms with Gasteiger partial charge >= 0.3 is 0 Å². The highest BCUT2D eigenvalue weighted by atomic mass is 19.3. The third-order valence-corrected chi connectivity index (χ3v) is 6.93. The summed E-state index contributed by atoms with van der Waals surface area (Å²) in [6.45, 7) is 2.83. The Kier molecular flexibility index (Phi) is 9.09. The number of carbonyl (C=O) groups excluding carboxylic acids is 3. The number of halogens is 2. The molecule has 0 aliphatic carbocycles. The van der Waals surface area contributed by atoms with Gasteiger partial charge in [0.2, 0.25) is 11.8 Å². The fraction of sp³-hybridized carbons (Fsp3) is 0.481. The fourth-order valence-electron chi connectivity index (χ4n) is 4.89. The van der Waals surface area contributed by atoms with Crippen LogP contribution in [0.2, 0.25) is 0 Å². The molecule has 9 nitrogen and oxygen atoms in total. The van der Waals surface area contributed by atoms with E-state index in [-0.39, 0.29) is 23.1 Å². The Morgan fingerprint density at radius 3 is 2.79 bits per heavy atom. The summed E-state index contributed by atoms with van der Waals surface area (Å²) in [7, 11) is 0. The van der Waals surface area contributed by atoms with Crippen LogP contribution in [0.25, 0.3) is 10.9 Å². The first-order valence-electron chi connectivity index (χ1n) is 13.1. The van der Waals surface area contributed by atoms with Crippen molar-refractivity contribution < 1.29 is 23.2 Å². The molecular formula is C27H34F2N6O3. The van der Waals surface area contributed by atoms with Crippen LogP contribution in [0.4, 0.5) is 8.78 Å². The molecule has 1 saturated heterocycles. The lowest BCUT2D eigenvalue weighted by atomic mass is 10.00. The maximum absolute atomic E-state index is 13.7. The number of carbonyl (C=O) groups is 3. The summed E-state index contributed by atoms with van der Waals surface area (Å²) in [5.74, 6) is -0.979. The van der Waals surface area contributed by atoms with Gasteiger partial charge in [-0.1, -0.05) is 32.3 Å². The molecule has 1 fully saturated rings. The topological polar surface area (TPSA) is 123 Å². The van der Waals surface area contributed by atoms with E-state index in [1.165, 1.54) is 24.3 Å². The minimum Gasteiger partial charge on any atom is -0.354 e. The predicted octanol–water partition coefficient (Wildman–Crippen LogP) is 3.86. The van der Waals surface area contributed by atoms with Crippen LogP contribution in [0.1, 0.15) is 73.5 Å². The molecule has 1 aliphatic heterocycles. The summed E-state index contributed by atoms with van der Waals surface area (Å²) >= 11 is 0. The zero-order valence-corrected chi connectivity index (χ0v) is 21.4. The minimum absolute atomic E-state index is 0.126. The quantitative estimate of drug-likeness (QED) is 0.319. The van der Waals surface area contributed by atoms with E-state index in [9.17, 15) is 23.2 Å². The second-order valence-electron chi connectivity index (χ2n) is 9.69. The summed E-state index contributed by atoms with van der Waals surface area (Å²) < 4.78 is 26.1. The molecule has 3 amide bonds. The highest BCUT2D eigenvalue weighted by Gasteiger charge is 2.34.